The third-order valence-corrected chi connectivity index (χ3v) is 3.82. The maximum atomic E-state index is 13.6. The molecule has 0 spiro atoms. The zero-order chi connectivity index (χ0) is 15.8. The van der Waals surface area contributed by atoms with Crippen LogP contribution in [0.25, 0.3) is 33.4 Å². The predicted molar refractivity (Wildman–Crippen MR) is 91.3 cm³/mol. The standard InChI is InChI=1S/C19H14FN3/c20-14-8-13(9-15(21)10-14)17-6-7-18-19(23-17)16(11-22-18)12-4-2-1-3-5-12/h1-11,22H,21H2. The second-order valence-electron chi connectivity index (χ2n) is 5.43. The minimum atomic E-state index is -0.362. The molecule has 4 heteroatoms. The molecule has 23 heavy (non-hydrogen) atoms. The lowest BCUT2D eigenvalue weighted by Crippen LogP contribution is -1.90. The van der Waals surface area contributed by atoms with Gasteiger partial charge in [-0.1, -0.05) is 30.3 Å². The van der Waals surface area contributed by atoms with Gasteiger partial charge in [0.25, 0.3) is 0 Å². The Labute approximate surface area is 132 Å². The summed E-state index contributed by atoms with van der Waals surface area (Å²) in [6.45, 7) is 0. The van der Waals surface area contributed by atoms with Gasteiger partial charge in [0.2, 0.25) is 0 Å². The van der Waals surface area contributed by atoms with Gasteiger partial charge < -0.3 is 10.7 Å². The fourth-order valence-electron chi connectivity index (χ4n) is 2.76. The van der Waals surface area contributed by atoms with Crippen molar-refractivity contribution in [1.29, 1.82) is 0 Å². The van der Waals surface area contributed by atoms with Crippen LogP contribution >= 0.6 is 0 Å². The van der Waals surface area contributed by atoms with Gasteiger partial charge >= 0.3 is 0 Å². The van der Waals surface area contributed by atoms with Crippen molar-refractivity contribution in [3.8, 4) is 22.4 Å². The zero-order valence-corrected chi connectivity index (χ0v) is 12.3. The van der Waals surface area contributed by atoms with E-state index in [-0.39, 0.29) is 5.82 Å². The van der Waals surface area contributed by atoms with Gasteiger partial charge in [0.05, 0.1) is 16.7 Å². The first-order valence-electron chi connectivity index (χ1n) is 7.31. The van der Waals surface area contributed by atoms with Crippen LogP contribution in [0.3, 0.4) is 0 Å². The highest BCUT2D eigenvalue weighted by atomic mass is 19.1. The van der Waals surface area contributed by atoms with Crippen LogP contribution in [0, 0.1) is 5.82 Å². The summed E-state index contributed by atoms with van der Waals surface area (Å²) in [6, 6.07) is 18.3. The maximum Gasteiger partial charge on any atom is 0.125 e. The van der Waals surface area contributed by atoms with Gasteiger partial charge in [-0.2, -0.15) is 0 Å². The number of H-pyrrole nitrogens is 1. The molecule has 112 valence electrons. The molecule has 2 aromatic heterocycles. The molecule has 0 atom stereocenters. The number of anilines is 1. The number of aromatic nitrogens is 2. The van der Waals surface area contributed by atoms with E-state index in [1.54, 1.807) is 6.07 Å². The van der Waals surface area contributed by atoms with Crippen molar-refractivity contribution in [2.45, 2.75) is 0 Å². The van der Waals surface area contributed by atoms with Gasteiger partial charge in [-0.25, -0.2) is 9.37 Å². The summed E-state index contributed by atoms with van der Waals surface area (Å²) in [4.78, 5) is 7.94. The number of fused-ring (bicyclic) bond motifs is 1. The summed E-state index contributed by atoms with van der Waals surface area (Å²) in [6.07, 6.45) is 1.94. The van der Waals surface area contributed by atoms with Gasteiger partial charge in [0.1, 0.15) is 5.82 Å². The minimum absolute atomic E-state index is 0.362. The van der Waals surface area contributed by atoms with Crippen molar-refractivity contribution >= 4 is 16.7 Å². The Morgan fingerprint density at radius 1 is 0.913 bits per heavy atom. The lowest BCUT2D eigenvalue weighted by Gasteiger charge is -2.05. The molecule has 2 aromatic carbocycles. The lowest BCUT2D eigenvalue weighted by molar-refractivity contribution is 0.629. The Morgan fingerprint density at radius 2 is 1.74 bits per heavy atom. The van der Waals surface area contributed by atoms with E-state index in [0.717, 1.165) is 22.2 Å². The lowest BCUT2D eigenvalue weighted by atomic mass is 10.1. The van der Waals surface area contributed by atoms with Crippen molar-refractivity contribution in [2.75, 3.05) is 5.73 Å². The molecule has 0 amide bonds. The Morgan fingerprint density at radius 3 is 2.52 bits per heavy atom. The van der Waals surface area contributed by atoms with Gasteiger partial charge in [0.15, 0.2) is 0 Å². The Bertz CT molecular complexity index is 970. The number of nitrogens with zero attached hydrogens (tertiary/aromatic N) is 1. The average molecular weight is 303 g/mol. The van der Waals surface area contributed by atoms with E-state index in [0.29, 0.717) is 16.9 Å². The minimum Gasteiger partial charge on any atom is -0.399 e. The highest BCUT2D eigenvalue weighted by Crippen LogP contribution is 2.30. The van der Waals surface area contributed by atoms with E-state index in [4.69, 9.17) is 10.7 Å². The number of nitrogens with one attached hydrogen (secondary N) is 1. The topological polar surface area (TPSA) is 54.7 Å². The molecule has 0 aliphatic heterocycles. The molecule has 3 nitrogen and oxygen atoms in total. The van der Waals surface area contributed by atoms with Crippen LogP contribution < -0.4 is 5.73 Å². The number of nitrogen functional groups attached to an aromatic ring is 1. The van der Waals surface area contributed by atoms with Crippen LogP contribution in [-0.4, -0.2) is 9.97 Å². The van der Waals surface area contributed by atoms with Crippen LogP contribution in [0.2, 0.25) is 0 Å². The molecule has 0 saturated carbocycles. The summed E-state index contributed by atoms with van der Waals surface area (Å²) in [5, 5.41) is 0. The first-order chi connectivity index (χ1) is 11.2. The first-order valence-corrected chi connectivity index (χ1v) is 7.31. The number of rotatable bonds is 2. The number of pyridine rings is 1. The van der Waals surface area contributed by atoms with E-state index in [1.807, 2.05) is 48.7 Å². The summed E-state index contributed by atoms with van der Waals surface area (Å²) in [5.74, 6) is -0.362. The van der Waals surface area contributed by atoms with Gasteiger partial charge in [-0.05, 0) is 35.9 Å². The molecular formula is C19H14FN3. The largest absolute Gasteiger partial charge is 0.399 e. The molecule has 0 fully saturated rings. The summed E-state index contributed by atoms with van der Waals surface area (Å²) >= 11 is 0. The summed E-state index contributed by atoms with van der Waals surface area (Å²) < 4.78 is 13.6. The quantitative estimate of drug-likeness (QED) is 0.531. The molecular weight excluding hydrogens is 289 g/mol. The Kier molecular flexibility index (Phi) is 3.08. The molecule has 4 aromatic rings. The van der Waals surface area contributed by atoms with E-state index in [2.05, 4.69) is 4.98 Å². The summed E-state index contributed by atoms with van der Waals surface area (Å²) in [7, 11) is 0. The van der Waals surface area contributed by atoms with E-state index >= 15 is 0 Å². The monoisotopic (exact) mass is 303 g/mol. The van der Waals surface area contributed by atoms with Crippen LogP contribution in [0.5, 0.6) is 0 Å². The average Bonchev–Trinajstić information content (AvgIpc) is 2.98. The SMILES string of the molecule is Nc1cc(F)cc(-c2ccc3[nH]cc(-c4ccccc4)c3n2)c1. The number of hydrogen-bond donors (Lipinski definition) is 2. The van der Waals surface area contributed by atoms with Gasteiger partial charge in [0, 0.05) is 23.0 Å². The van der Waals surface area contributed by atoms with Crippen molar-refractivity contribution in [3.63, 3.8) is 0 Å². The van der Waals surface area contributed by atoms with E-state index in [9.17, 15) is 4.39 Å². The number of aromatic amines is 1. The highest BCUT2D eigenvalue weighted by molar-refractivity contribution is 5.93. The molecule has 0 aliphatic carbocycles. The third-order valence-electron chi connectivity index (χ3n) is 3.82. The Balaban J connectivity index is 1.90. The second kappa shape index (κ2) is 5.25. The fraction of sp³-hybridized carbons (Fsp3) is 0. The second-order valence-corrected chi connectivity index (χ2v) is 5.43. The van der Waals surface area contributed by atoms with Crippen LogP contribution in [0.15, 0.2) is 66.9 Å². The molecule has 0 bridgehead atoms. The number of nitrogens with two attached hydrogens (primary N) is 1. The molecule has 0 aliphatic rings. The van der Waals surface area contributed by atoms with E-state index in [1.165, 1.54) is 12.1 Å². The van der Waals surface area contributed by atoms with Crippen molar-refractivity contribution < 1.29 is 4.39 Å². The molecule has 2 heterocycles. The fourth-order valence-corrected chi connectivity index (χ4v) is 2.76. The van der Waals surface area contributed by atoms with Crippen LogP contribution in [-0.2, 0) is 0 Å². The first kappa shape index (κ1) is 13.5. The molecule has 3 N–H and O–H groups in total. The van der Waals surface area contributed by atoms with Crippen molar-refractivity contribution in [1.82, 2.24) is 9.97 Å². The number of halogens is 1. The predicted octanol–water partition coefficient (Wildman–Crippen LogP) is 4.62. The van der Waals surface area contributed by atoms with Crippen molar-refractivity contribution in [3.05, 3.63) is 72.7 Å². The molecule has 0 radical (unpaired) electrons. The van der Waals surface area contributed by atoms with Crippen LogP contribution in [0.4, 0.5) is 10.1 Å². The van der Waals surface area contributed by atoms with E-state index < -0.39 is 0 Å². The van der Waals surface area contributed by atoms with Crippen LogP contribution in [0.1, 0.15) is 0 Å². The third kappa shape index (κ3) is 2.44. The number of hydrogen-bond acceptors (Lipinski definition) is 2. The van der Waals surface area contributed by atoms with Gasteiger partial charge in [-0.3, -0.25) is 0 Å². The number of benzene rings is 2. The normalized spacial score (nSPS) is 11.0. The molecule has 0 saturated heterocycles. The zero-order valence-electron chi connectivity index (χ0n) is 12.3. The molecule has 0 unspecified atom stereocenters. The summed E-state index contributed by atoms with van der Waals surface area (Å²) in [5.41, 5.74) is 11.4. The van der Waals surface area contributed by atoms with Gasteiger partial charge in [-0.15, -0.1) is 0 Å². The Hall–Kier alpha value is -3.14. The highest BCUT2D eigenvalue weighted by Gasteiger charge is 2.10. The van der Waals surface area contributed by atoms with Crippen molar-refractivity contribution in [2.24, 2.45) is 0 Å². The maximum absolute atomic E-state index is 13.6. The molecule has 4 rings (SSSR count). The smallest absolute Gasteiger partial charge is 0.125 e.